The zero-order valence-corrected chi connectivity index (χ0v) is 14.9. The highest BCUT2D eigenvalue weighted by Gasteiger charge is 2.17. The summed E-state index contributed by atoms with van der Waals surface area (Å²) in [4.78, 5) is 0. The first-order valence-electron chi connectivity index (χ1n) is 9.05. The van der Waals surface area contributed by atoms with Gasteiger partial charge in [-0.05, 0) is 36.4 Å². The van der Waals surface area contributed by atoms with Gasteiger partial charge in [-0.3, -0.25) is 0 Å². The molecule has 0 N–H and O–H groups in total. The standard InChI is InChI=1S/C25H15FN2/c26-22-10-4-1-7-18(22)21-15-17(16-27)13-14-25(21)28-23-11-5-2-8-19(23)20-9-3-6-12-24(20)28/h1-15H. The molecule has 0 radical (unpaired) electrons. The smallest absolute Gasteiger partial charge is 0.131 e. The number of benzene rings is 4. The van der Waals surface area contributed by atoms with Gasteiger partial charge in [0.15, 0.2) is 0 Å². The molecule has 3 heteroatoms. The molecule has 28 heavy (non-hydrogen) atoms. The molecule has 0 spiro atoms. The van der Waals surface area contributed by atoms with E-state index in [1.54, 1.807) is 24.3 Å². The van der Waals surface area contributed by atoms with Crippen molar-refractivity contribution in [2.45, 2.75) is 0 Å². The van der Waals surface area contributed by atoms with Crippen molar-refractivity contribution in [3.63, 3.8) is 0 Å². The summed E-state index contributed by atoms with van der Waals surface area (Å²) in [5, 5.41) is 11.7. The van der Waals surface area contributed by atoms with Crippen molar-refractivity contribution in [2.24, 2.45) is 0 Å². The number of rotatable bonds is 2. The maximum atomic E-state index is 14.7. The quantitative estimate of drug-likeness (QED) is 0.354. The highest BCUT2D eigenvalue weighted by Crippen LogP contribution is 2.37. The van der Waals surface area contributed by atoms with Crippen molar-refractivity contribution in [1.82, 2.24) is 4.57 Å². The summed E-state index contributed by atoms with van der Waals surface area (Å²) in [6.45, 7) is 0. The molecular formula is C25H15FN2. The second kappa shape index (κ2) is 6.37. The van der Waals surface area contributed by atoms with E-state index >= 15 is 0 Å². The van der Waals surface area contributed by atoms with Crippen LogP contribution in [-0.2, 0) is 0 Å². The van der Waals surface area contributed by atoms with Gasteiger partial charge in [-0.2, -0.15) is 5.26 Å². The molecule has 0 amide bonds. The Morgan fingerprint density at radius 2 is 1.29 bits per heavy atom. The molecule has 2 nitrogen and oxygen atoms in total. The van der Waals surface area contributed by atoms with Gasteiger partial charge in [0.2, 0.25) is 0 Å². The van der Waals surface area contributed by atoms with Crippen LogP contribution in [0.5, 0.6) is 0 Å². The molecule has 0 bridgehead atoms. The number of nitrogens with zero attached hydrogens (tertiary/aromatic N) is 2. The molecule has 0 unspecified atom stereocenters. The Morgan fingerprint density at radius 3 is 1.93 bits per heavy atom. The summed E-state index contributed by atoms with van der Waals surface area (Å²) < 4.78 is 16.8. The molecule has 0 aliphatic carbocycles. The van der Waals surface area contributed by atoms with Crippen LogP contribution < -0.4 is 0 Å². The minimum Gasteiger partial charge on any atom is -0.309 e. The third kappa shape index (κ3) is 2.39. The van der Waals surface area contributed by atoms with Crippen molar-refractivity contribution < 1.29 is 4.39 Å². The molecular weight excluding hydrogens is 347 g/mol. The molecule has 5 rings (SSSR count). The Kier molecular flexibility index (Phi) is 3.70. The van der Waals surface area contributed by atoms with Crippen LogP contribution in [0.3, 0.4) is 0 Å². The molecule has 0 aliphatic rings. The van der Waals surface area contributed by atoms with Gasteiger partial charge >= 0.3 is 0 Å². The second-order valence-corrected chi connectivity index (χ2v) is 6.69. The lowest BCUT2D eigenvalue weighted by molar-refractivity contribution is 0.631. The first-order valence-corrected chi connectivity index (χ1v) is 9.05. The monoisotopic (exact) mass is 362 g/mol. The first kappa shape index (κ1) is 16.3. The van der Waals surface area contributed by atoms with Crippen LogP contribution in [0.15, 0.2) is 91.0 Å². The van der Waals surface area contributed by atoms with Crippen molar-refractivity contribution >= 4 is 21.8 Å². The number of fused-ring (bicyclic) bond motifs is 3. The number of para-hydroxylation sites is 2. The zero-order chi connectivity index (χ0) is 19.1. The van der Waals surface area contributed by atoms with Gasteiger partial charge in [0, 0.05) is 21.9 Å². The number of nitriles is 1. The Hall–Kier alpha value is -3.90. The minimum atomic E-state index is -0.306. The molecule has 0 saturated heterocycles. The fourth-order valence-corrected chi connectivity index (χ4v) is 3.88. The molecule has 1 aromatic heterocycles. The second-order valence-electron chi connectivity index (χ2n) is 6.69. The van der Waals surface area contributed by atoms with Gasteiger partial charge in [-0.1, -0.05) is 54.6 Å². The number of halogens is 1. The zero-order valence-electron chi connectivity index (χ0n) is 14.9. The maximum absolute atomic E-state index is 14.7. The van der Waals surface area contributed by atoms with Gasteiger partial charge in [-0.25, -0.2) is 4.39 Å². The van der Waals surface area contributed by atoms with E-state index in [2.05, 4.69) is 34.9 Å². The third-order valence-electron chi connectivity index (χ3n) is 5.11. The van der Waals surface area contributed by atoms with E-state index in [0.717, 1.165) is 27.5 Å². The number of aromatic nitrogens is 1. The lowest BCUT2D eigenvalue weighted by atomic mass is 10.00. The van der Waals surface area contributed by atoms with Crippen LogP contribution in [0.25, 0.3) is 38.6 Å². The topological polar surface area (TPSA) is 28.7 Å². The predicted octanol–water partition coefficient (Wildman–Crippen LogP) is 6.46. The summed E-state index contributed by atoms with van der Waals surface area (Å²) in [7, 11) is 0. The summed E-state index contributed by atoms with van der Waals surface area (Å²) in [6, 6.07) is 30.7. The largest absolute Gasteiger partial charge is 0.309 e. The molecule has 0 fully saturated rings. The predicted molar refractivity (Wildman–Crippen MR) is 111 cm³/mol. The lowest BCUT2D eigenvalue weighted by Gasteiger charge is -2.15. The molecule has 0 atom stereocenters. The first-order chi connectivity index (χ1) is 13.8. The highest BCUT2D eigenvalue weighted by atomic mass is 19.1. The average molecular weight is 362 g/mol. The fraction of sp³-hybridized carbons (Fsp3) is 0. The van der Waals surface area contributed by atoms with E-state index in [-0.39, 0.29) is 5.82 Å². The van der Waals surface area contributed by atoms with E-state index < -0.39 is 0 Å². The van der Waals surface area contributed by atoms with Gasteiger partial charge in [-0.15, -0.1) is 0 Å². The van der Waals surface area contributed by atoms with E-state index in [1.807, 2.05) is 36.4 Å². The van der Waals surface area contributed by atoms with Crippen LogP contribution in [0, 0.1) is 17.1 Å². The van der Waals surface area contributed by atoms with Gasteiger partial charge in [0.05, 0.1) is 28.4 Å². The van der Waals surface area contributed by atoms with Gasteiger partial charge in [0.25, 0.3) is 0 Å². The molecule has 0 aliphatic heterocycles. The normalized spacial score (nSPS) is 11.0. The fourth-order valence-electron chi connectivity index (χ4n) is 3.88. The van der Waals surface area contributed by atoms with E-state index in [1.165, 1.54) is 6.07 Å². The van der Waals surface area contributed by atoms with Crippen molar-refractivity contribution in [3.8, 4) is 22.9 Å². The van der Waals surface area contributed by atoms with Gasteiger partial charge in [0.1, 0.15) is 5.82 Å². The molecule has 0 saturated carbocycles. The van der Waals surface area contributed by atoms with Crippen molar-refractivity contribution in [3.05, 3.63) is 102 Å². The van der Waals surface area contributed by atoms with Crippen molar-refractivity contribution in [1.29, 1.82) is 5.26 Å². The average Bonchev–Trinajstić information content (AvgIpc) is 3.08. The molecule has 1 heterocycles. The molecule has 4 aromatic carbocycles. The number of hydrogen-bond donors (Lipinski definition) is 0. The van der Waals surface area contributed by atoms with Crippen LogP contribution in [-0.4, -0.2) is 4.57 Å². The lowest BCUT2D eigenvalue weighted by Crippen LogP contribution is -1.99. The van der Waals surface area contributed by atoms with Gasteiger partial charge < -0.3 is 4.57 Å². The van der Waals surface area contributed by atoms with Crippen LogP contribution in [0.1, 0.15) is 5.56 Å². The number of hydrogen-bond acceptors (Lipinski definition) is 1. The Labute approximate surface area is 161 Å². The van der Waals surface area contributed by atoms with Crippen LogP contribution in [0.2, 0.25) is 0 Å². The summed E-state index contributed by atoms with van der Waals surface area (Å²) >= 11 is 0. The van der Waals surface area contributed by atoms with E-state index in [4.69, 9.17) is 0 Å². The SMILES string of the molecule is N#Cc1ccc(-n2c3ccccc3c3ccccc32)c(-c2ccccc2F)c1. The van der Waals surface area contributed by atoms with E-state index in [0.29, 0.717) is 16.7 Å². The highest BCUT2D eigenvalue weighted by molar-refractivity contribution is 6.09. The van der Waals surface area contributed by atoms with Crippen LogP contribution >= 0.6 is 0 Å². The summed E-state index contributed by atoms with van der Waals surface area (Å²) in [6.07, 6.45) is 0. The molecule has 5 aromatic rings. The summed E-state index contributed by atoms with van der Waals surface area (Å²) in [5.74, 6) is -0.306. The van der Waals surface area contributed by atoms with Crippen molar-refractivity contribution in [2.75, 3.05) is 0 Å². The van der Waals surface area contributed by atoms with Crippen LogP contribution in [0.4, 0.5) is 4.39 Å². The summed E-state index contributed by atoms with van der Waals surface area (Å²) in [5.41, 5.74) is 4.63. The maximum Gasteiger partial charge on any atom is 0.131 e. The Balaban J connectivity index is 1.94. The Morgan fingerprint density at radius 1 is 0.679 bits per heavy atom. The van der Waals surface area contributed by atoms with E-state index in [9.17, 15) is 9.65 Å². The Bertz CT molecular complexity index is 1340. The molecule has 132 valence electrons. The third-order valence-corrected chi connectivity index (χ3v) is 5.11. The minimum absolute atomic E-state index is 0.306.